The Balaban J connectivity index is 1.80. The van der Waals surface area contributed by atoms with E-state index in [4.69, 9.17) is 4.74 Å². The Hall–Kier alpha value is -1.66. The first-order valence-corrected chi connectivity index (χ1v) is 8.70. The number of nitrogens with zero attached hydrogens (tertiary/aromatic N) is 2. The molecule has 6 heteroatoms. The summed E-state index contributed by atoms with van der Waals surface area (Å²) in [5, 5.41) is 11.4. The lowest BCUT2D eigenvalue weighted by atomic mass is 10.1. The van der Waals surface area contributed by atoms with Gasteiger partial charge < -0.3 is 14.7 Å². The molecule has 0 saturated carbocycles. The van der Waals surface area contributed by atoms with Gasteiger partial charge in [0.2, 0.25) is 0 Å². The zero-order valence-corrected chi connectivity index (χ0v) is 14.5. The molecule has 1 aromatic heterocycles. The molecule has 0 bridgehead atoms. The van der Waals surface area contributed by atoms with Gasteiger partial charge in [-0.3, -0.25) is 0 Å². The van der Waals surface area contributed by atoms with Crippen molar-refractivity contribution in [2.45, 2.75) is 51.4 Å². The Morgan fingerprint density at radius 3 is 2.87 bits per heavy atom. The lowest BCUT2D eigenvalue weighted by Gasteiger charge is -2.30. The van der Waals surface area contributed by atoms with Crippen LogP contribution in [0.2, 0.25) is 0 Å². The van der Waals surface area contributed by atoms with Crippen LogP contribution in [-0.4, -0.2) is 39.3 Å². The number of carbonyl (C=O) groups is 1. The Kier molecular flexibility index (Phi) is 4.29. The van der Waals surface area contributed by atoms with Gasteiger partial charge >= 0.3 is 6.09 Å². The summed E-state index contributed by atoms with van der Waals surface area (Å²) in [6, 6.07) is 7.54. The van der Waals surface area contributed by atoms with E-state index in [1.807, 2.05) is 45.0 Å². The molecule has 2 atom stereocenters. The zero-order valence-electron chi connectivity index (χ0n) is 13.7. The maximum absolute atomic E-state index is 12.4. The third-order valence-electron chi connectivity index (χ3n) is 3.86. The van der Waals surface area contributed by atoms with Crippen molar-refractivity contribution in [1.82, 2.24) is 9.88 Å². The number of benzene rings is 1. The number of aliphatic hydroxyl groups excluding tert-OH is 1. The Bertz CT molecular complexity index is 674. The number of para-hydroxylation sites is 1. The topological polar surface area (TPSA) is 62.7 Å². The fourth-order valence-corrected chi connectivity index (χ4v) is 3.86. The summed E-state index contributed by atoms with van der Waals surface area (Å²) in [6.07, 6.45) is 0.491. The Morgan fingerprint density at radius 2 is 2.17 bits per heavy atom. The molecular weight excluding hydrogens is 312 g/mol. The summed E-state index contributed by atoms with van der Waals surface area (Å²) in [5.41, 5.74) is 0.346. The van der Waals surface area contributed by atoms with Gasteiger partial charge in [-0.2, -0.15) is 0 Å². The number of aromatic nitrogens is 1. The summed E-state index contributed by atoms with van der Waals surface area (Å²) in [5.74, 6) is 0. The first-order chi connectivity index (χ1) is 10.8. The number of carbonyl (C=O) groups excluding carboxylic acids is 1. The third-order valence-corrected chi connectivity index (χ3v) is 4.96. The van der Waals surface area contributed by atoms with Crippen molar-refractivity contribution in [3.05, 3.63) is 29.3 Å². The van der Waals surface area contributed by atoms with E-state index in [2.05, 4.69) is 4.98 Å². The summed E-state index contributed by atoms with van der Waals surface area (Å²) in [7, 11) is 0. The number of amides is 1. The van der Waals surface area contributed by atoms with Crippen LogP contribution in [0.15, 0.2) is 24.3 Å². The van der Waals surface area contributed by atoms with Gasteiger partial charge in [0.05, 0.1) is 16.3 Å². The van der Waals surface area contributed by atoms with Crippen LogP contribution in [0, 0.1) is 0 Å². The number of rotatable bonds is 2. The number of fused-ring (bicyclic) bond motifs is 1. The number of hydrogen-bond acceptors (Lipinski definition) is 5. The highest BCUT2D eigenvalue weighted by atomic mass is 32.1. The van der Waals surface area contributed by atoms with E-state index >= 15 is 0 Å². The summed E-state index contributed by atoms with van der Waals surface area (Å²) < 4.78 is 6.50. The number of hydrogen-bond donors (Lipinski definition) is 1. The lowest BCUT2D eigenvalue weighted by molar-refractivity contribution is 0.00491. The molecule has 2 aromatic rings. The average Bonchev–Trinajstić information content (AvgIpc) is 3.11. The van der Waals surface area contributed by atoms with Crippen LogP contribution in [0.5, 0.6) is 0 Å². The number of likely N-dealkylation sites (tertiary alicyclic amines) is 1. The number of ether oxygens (including phenoxy) is 1. The molecule has 0 aliphatic carbocycles. The molecule has 0 spiro atoms. The van der Waals surface area contributed by atoms with Crippen molar-refractivity contribution < 1.29 is 14.6 Å². The minimum absolute atomic E-state index is 0.273. The monoisotopic (exact) mass is 334 g/mol. The van der Waals surface area contributed by atoms with Crippen LogP contribution in [0.1, 0.15) is 44.7 Å². The normalized spacial score (nSPS) is 20.0. The van der Waals surface area contributed by atoms with E-state index in [0.717, 1.165) is 23.1 Å². The van der Waals surface area contributed by atoms with Crippen molar-refractivity contribution in [1.29, 1.82) is 0 Å². The molecule has 5 nitrogen and oxygen atoms in total. The quantitative estimate of drug-likeness (QED) is 0.909. The molecule has 0 unspecified atom stereocenters. The van der Waals surface area contributed by atoms with Crippen LogP contribution in [0.3, 0.4) is 0 Å². The highest BCUT2D eigenvalue weighted by molar-refractivity contribution is 7.18. The first-order valence-electron chi connectivity index (χ1n) is 7.88. The minimum atomic E-state index is -0.776. The van der Waals surface area contributed by atoms with E-state index in [-0.39, 0.29) is 12.1 Å². The van der Waals surface area contributed by atoms with E-state index in [9.17, 15) is 9.90 Å². The largest absolute Gasteiger partial charge is 0.444 e. The highest BCUT2D eigenvalue weighted by Crippen LogP contribution is 2.34. The zero-order chi connectivity index (χ0) is 16.6. The predicted molar refractivity (Wildman–Crippen MR) is 90.5 cm³/mol. The van der Waals surface area contributed by atoms with Crippen LogP contribution >= 0.6 is 11.3 Å². The van der Waals surface area contributed by atoms with E-state index in [0.29, 0.717) is 11.6 Å². The summed E-state index contributed by atoms with van der Waals surface area (Å²) >= 11 is 1.48. The predicted octanol–water partition coefficient (Wildman–Crippen LogP) is 3.73. The van der Waals surface area contributed by atoms with Crippen LogP contribution < -0.4 is 0 Å². The van der Waals surface area contributed by atoms with Crippen LogP contribution in [0.25, 0.3) is 10.2 Å². The summed E-state index contributed by atoms with van der Waals surface area (Å²) in [4.78, 5) is 18.5. The molecule has 23 heavy (non-hydrogen) atoms. The van der Waals surface area contributed by atoms with Gasteiger partial charge in [-0.15, -0.1) is 11.3 Å². The van der Waals surface area contributed by atoms with Gasteiger partial charge in [-0.1, -0.05) is 12.1 Å². The Labute approximate surface area is 139 Å². The van der Waals surface area contributed by atoms with Crippen molar-refractivity contribution in [2.75, 3.05) is 6.54 Å². The molecule has 124 valence electrons. The fraction of sp³-hybridized carbons (Fsp3) is 0.529. The molecule has 1 amide bonds. The van der Waals surface area contributed by atoms with Crippen molar-refractivity contribution in [3.63, 3.8) is 0 Å². The molecule has 1 fully saturated rings. The average molecular weight is 334 g/mol. The van der Waals surface area contributed by atoms with Crippen LogP contribution in [-0.2, 0) is 4.74 Å². The van der Waals surface area contributed by atoms with Gasteiger partial charge in [0.25, 0.3) is 0 Å². The lowest BCUT2D eigenvalue weighted by Crippen LogP contribution is -2.42. The molecule has 1 saturated heterocycles. The smallest absolute Gasteiger partial charge is 0.410 e. The highest BCUT2D eigenvalue weighted by Gasteiger charge is 2.38. The van der Waals surface area contributed by atoms with E-state index in [1.165, 1.54) is 11.3 Å². The molecule has 1 aromatic carbocycles. The van der Waals surface area contributed by atoms with E-state index in [1.54, 1.807) is 4.90 Å². The number of thiazole rings is 1. The van der Waals surface area contributed by atoms with Gasteiger partial charge in [0, 0.05) is 6.54 Å². The Morgan fingerprint density at radius 1 is 1.43 bits per heavy atom. The van der Waals surface area contributed by atoms with Gasteiger partial charge in [0.1, 0.15) is 16.7 Å². The van der Waals surface area contributed by atoms with Gasteiger partial charge in [-0.05, 0) is 45.7 Å². The standard InChI is InChI=1S/C17H22N2O3S/c1-17(2,3)22-16(21)19-10-6-8-12(19)14(20)15-18-11-7-4-5-9-13(11)23-15/h4-5,7,9,12,14,20H,6,8,10H2,1-3H3/t12-,14+/m0/s1. The third kappa shape index (κ3) is 3.48. The minimum Gasteiger partial charge on any atom is -0.444 e. The SMILES string of the molecule is CC(C)(C)OC(=O)N1CCC[C@H]1[C@@H](O)c1nc2ccccc2s1. The molecule has 3 rings (SSSR count). The first kappa shape index (κ1) is 16.2. The molecule has 0 radical (unpaired) electrons. The van der Waals surface area contributed by atoms with Crippen molar-refractivity contribution in [3.8, 4) is 0 Å². The maximum atomic E-state index is 12.4. The fourth-order valence-electron chi connectivity index (χ4n) is 2.85. The molecular formula is C17H22N2O3S. The second kappa shape index (κ2) is 6.09. The second-order valence-corrected chi connectivity index (χ2v) is 7.91. The van der Waals surface area contributed by atoms with Crippen molar-refractivity contribution >= 4 is 27.6 Å². The maximum Gasteiger partial charge on any atom is 0.410 e. The molecule has 2 heterocycles. The second-order valence-electron chi connectivity index (χ2n) is 6.85. The number of aliphatic hydroxyl groups is 1. The molecule has 1 aliphatic rings. The molecule has 1 aliphatic heterocycles. The molecule has 1 N–H and O–H groups in total. The van der Waals surface area contributed by atoms with Crippen LogP contribution in [0.4, 0.5) is 4.79 Å². The van der Waals surface area contributed by atoms with E-state index < -0.39 is 11.7 Å². The van der Waals surface area contributed by atoms with Gasteiger partial charge in [0.15, 0.2) is 0 Å². The summed E-state index contributed by atoms with van der Waals surface area (Å²) in [6.45, 7) is 6.15. The van der Waals surface area contributed by atoms with Crippen molar-refractivity contribution in [2.24, 2.45) is 0 Å². The van der Waals surface area contributed by atoms with Gasteiger partial charge in [-0.25, -0.2) is 9.78 Å².